The number of H-pyrrole nitrogens is 1. The summed E-state index contributed by atoms with van der Waals surface area (Å²) in [5.74, 6) is -1.75. The Balaban J connectivity index is 0.00000126. The van der Waals surface area contributed by atoms with Crippen molar-refractivity contribution in [2.45, 2.75) is 0 Å². The second-order valence-corrected chi connectivity index (χ2v) is 6.76. The number of aromatic carboxylic acids is 2. The van der Waals surface area contributed by atoms with Crippen molar-refractivity contribution >= 4 is 33.7 Å². The molecular formula is C23H17N5O5. The molecule has 0 unspecified atom stereocenters. The summed E-state index contributed by atoms with van der Waals surface area (Å²) < 4.78 is 0. The van der Waals surface area contributed by atoms with Gasteiger partial charge in [0.15, 0.2) is 11.6 Å². The van der Waals surface area contributed by atoms with Crippen molar-refractivity contribution < 1.29 is 24.9 Å². The van der Waals surface area contributed by atoms with E-state index in [-0.39, 0.29) is 28.5 Å². The third-order valence-electron chi connectivity index (χ3n) is 4.85. The van der Waals surface area contributed by atoms with Crippen LogP contribution in [0.5, 0.6) is 0 Å². The molecule has 3 aromatic heterocycles. The van der Waals surface area contributed by atoms with Gasteiger partial charge in [0.2, 0.25) is 0 Å². The number of nitrogens with zero attached hydrogens (tertiary/aromatic N) is 4. The average Bonchev–Trinajstić information content (AvgIpc) is 3.34. The highest BCUT2D eigenvalue weighted by atomic mass is 16.4. The number of para-hydroxylation sites is 2. The lowest BCUT2D eigenvalue weighted by molar-refractivity contribution is 0.0688. The fourth-order valence-electron chi connectivity index (χ4n) is 3.43. The van der Waals surface area contributed by atoms with Gasteiger partial charge in [0.05, 0.1) is 22.2 Å². The van der Waals surface area contributed by atoms with Crippen LogP contribution >= 0.6 is 0 Å². The molecule has 0 radical (unpaired) electrons. The van der Waals surface area contributed by atoms with Crippen molar-refractivity contribution in [3.63, 3.8) is 0 Å². The van der Waals surface area contributed by atoms with Crippen LogP contribution in [-0.4, -0.2) is 59.5 Å². The predicted molar refractivity (Wildman–Crippen MR) is 120 cm³/mol. The number of aliphatic hydroxyl groups excluding tert-OH is 1. The summed E-state index contributed by atoms with van der Waals surface area (Å²) >= 11 is 0. The van der Waals surface area contributed by atoms with Crippen LogP contribution in [0, 0.1) is 0 Å². The summed E-state index contributed by atoms with van der Waals surface area (Å²) in [4.78, 5) is 36.8. The summed E-state index contributed by atoms with van der Waals surface area (Å²) in [6.07, 6.45) is 0. The zero-order valence-corrected chi connectivity index (χ0v) is 17.2. The van der Waals surface area contributed by atoms with Gasteiger partial charge in [-0.2, -0.15) is 5.10 Å². The van der Waals surface area contributed by atoms with E-state index in [1.807, 2.05) is 0 Å². The van der Waals surface area contributed by atoms with E-state index in [2.05, 4.69) is 25.1 Å². The Bertz CT molecular complexity index is 1400. The Morgan fingerprint density at radius 1 is 0.727 bits per heavy atom. The van der Waals surface area contributed by atoms with E-state index in [1.165, 1.54) is 12.1 Å². The summed E-state index contributed by atoms with van der Waals surface area (Å²) in [6, 6.07) is 16.7. The van der Waals surface area contributed by atoms with E-state index in [0.717, 1.165) is 7.11 Å². The van der Waals surface area contributed by atoms with Crippen LogP contribution in [0.15, 0.2) is 60.7 Å². The quantitative estimate of drug-likeness (QED) is 0.326. The molecule has 0 spiro atoms. The van der Waals surface area contributed by atoms with Crippen molar-refractivity contribution in [1.29, 1.82) is 0 Å². The van der Waals surface area contributed by atoms with E-state index in [4.69, 9.17) is 5.11 Å². The summed E-state index contributed by atoms with van der Waals surface area (Å²) in [7, 11) is 1.00. The third-order valence-corrected chi connectivity index (χ3v) is 4.85. The summed E-state index contributed by atoms with van der Waals surface area (Å²) in [5, 5.41) is 34.1. The van der Waals surface area contributed by atoms with Crippen molar-refractivity contribution in [3.8, 4) is 23.0 Å². The second-order valence-electron chi connectivity index (χ2n) is 6.76. The molecule has 0 fully saturated rings. The molecule has 4 N–H and O–H groups in total. The minimum Gasteiger partial charge on any atom is -0.478 e. The first-order chi connectivity index (χ1) is 16.0. The lowest BCUT2D eigenvalue weighted by Gasteiger charge is -2.05. The van der Waals surface area contributed by atoms with Gasteiger partial charge in [-0.05, 0) is 24.3 Å². The number of fused-ring (bicyclic) bond motifs is 2. The maximum Gasteiger partial charge on any atom is 0.336 e. The Hall–Kier alpha value is -4.70. The number of aromatic nitrogens is 5. The van der Waals surface area contributed by atoms with Gasteiger partial charge in [0.1, 0.15) is 11.4 Å². The van der Waals surface area contributed by atoms with Crippen LogP contribution in [0.25, 0.3) is 44.8 Å². The highest BCUT2D eigenvalue weighted by Crippen LogP contribution is 2.26. The molecule has 3 heterocycles. The highest BCUT2D eigenvalue weighted by molar-refractivity contribution is 6.04. The Morgan fingerprint density at radius 2 is 1.21 bits per heavy atom. The standard InChI is InChI=1S/C22H13N5O4.CH4O/c28-21(29)13-9-17(23-15-7-3-1-5-11(13)15)19-25-20(27-26-19)18-10-14(22(30)31)12-6-2-4-8-16(12)24-18;1-2/h1-10H,(H,28,29)(H,30,31)(H,25,26,27);2H,1H3. The number of hydrogen-bond acceptors (Lipinski definition) is 7. The van der Waals surface area contributed by atoms with Crippen molar-refractivity contribution in [2.24, 2.45) is 0 Å². The molecule has 0 atom stereocenters. The molecule has 2 aromatic carbocycles. The molecule has 0 amide bonds. The lowest BCUT2D eigenvalue weighted by Crippen LogP contribution is -2.01. The van der Waals surface area contributed by atoms with E-state index < -0.39 is 11.9 Å². The number of carboxylic acids is 2. The number of rotatable bonds is 4. The van der Waals surface area contributed by atoms with Crippen molar-refractivity contribution in [1.82, 2.24) is 25.1 Å². The molecule has 0 aliphatic rings. The minimum atomic E-state index is -1.09. The zero-order chi connectivity index (χ0) is 23.5. The Labute approximate surface area is 186 Å². The van der Waals surface area contributed by atoms with Crippen molar-refractivity contribution in [3.05, 3.63) is 71.8 Å². The first-order valence-corrected chi connectivity index (χ1v) is 9.65. The van der Waals surface area contributed by atoms with Crippen LogP contribution in [0.2, 0.25) is 0 Å². The first kappa shape index (κ1) is 21.5. The van der Waals surface area contributed by atoms with Gasteiger partial charge in [-0.1, -0.05) is 36.4 Å². The minimum absolute atomic E-state index is 0.0870. The van der Waals surface area contributed by atoms with Gasteiger partial charge in [-0.25, -0.2) is 24.5 Å². The highest BCUT2D eigenvalue weighted by Gasteiger charge is 2.18. The Morgan fingerprint density at radius 3 is 1.76 bits per heavy atom. The number of benzene rings is 2. The van der Waals surface area contributed by atoms with Gasteiger partial charge < -0.3 is 15.3 Å². The number of aliphatic hydroxyl groups is 1. The molecule has 0 aliphatic carbocycles. The van der Waals surface area contributed by atoms with E-state index in [9.17, 15) is 19.8 Å². The second kappa shape index (κ2) is 8.81. The molecule has 5 aromatic rings. The number of pyridine rings is 2. The maximum atomic E-state index is 11.7. The first-order valence-electron chi connectivity index (χ1n) is 9.65. The zero-order valence-electron chi connectivity index (χ0n) is 17.2. The number of carboxylic acid groups (broad SMARTS) is 2. The number of aromatic amines is 1. The maximum absolute atomic E-state index is 11.7. The molecule has 10 heteroatoms. The molecule has 0 saturated carbocycles. The van der Waals surface area contributed by atoms with E-state index >= 15 is 0 Å². The smallest absolute Gasteiger partial charge is 0.336 e. The van der Waals surface area contributed by atoms with Gasteiger partial charge in [0.25, 0.3) is 0 Å². The normalized spacial score (nSPS) is 10.6. The molecule has 10 nitrogen and oxygen atoms in total. The monoisotopic (exact) mass is 443 g/mol. The molecule has 0 bridgehead atoms. The van der Waals surface area contributed by atoms with Crippen LogP contribution in [0.3, 0.4) is 0 Å². The molecule has 0 saturated heterocycles. The van der Waals surface area contributed by atoms with Crippen LogP contribution < -0.4 is 0 Å². The van der Waals surface area contributed by atoms with Crippen molar-refractivity contribution in [2.75, 3.05) is 7.11 Å². The van der Waals surface area contributed by atoms with Crippen LogP contribution in [0.4, 0.5) is 0 Å². The summed E-state index contributed by atoms with van der Waals surface area (Å²) in [5.41, 5.74) is 1.76. The fraction of sp³-hybridized carbons (Fsp3) is 0.0435. The SMILES string of the molecule is CO.O=C(O)c1cc(-c2n[nH]c(-c3cc(C(=O)O)c4ccccc4n3)n2)nc2ccccc12. The topological polar surface area (TPSA) is 162 Å². The molecule has 0 aliphatic heterocycles. The molecule has 33 heavy (non-hydrogen) atoms. The largest absolute Gasteiger partial charge is 0.478 e. The third kappa shape index (κ3) is 3.98. The fourth-order valence-corrected chi connectivity index (χ4v) is 3.43. The lowest BCUT2D eigenvalue weighted by atomic mass is 10.1. The predicted octanol–water partition coefficient (Wildman–Crippen LogP) is 3.24. The van der Waals surface area contributed by atoms with Crippen LogP contribution in [-0.2, 0) is 0 Å². The van der Waals surface area contributed by atoms with Gasteiger partial charge in [0, 0.05) is 17.9 Å². The molecular weight excluding hydrogens is 426 g/mol. The number of nitrogens with one attached hydrogen (secondary N) is 1. The van der Waals surface area contributed by atoms with Gasteiger partial charge >= 0.3 is 11.9 Å². The van der Waals surface area contributed by atoms with Gasteiger partial charge in [-0.3, -0.25) is 5.10 Å². The summed E-state index contributed by atoms with van der Waals surface area (Å²) in [6.45, 7) is 0. The Kier molecular flexibility index (Phi) is 5.75. The van der Waals surface area contributed by atoms with E-state index in [1.54, 1.807) is 48.5 Å². The molecule has 164 valence electrons. The van der Waals surface area contributed by atoms with Crippen LogP contribution in [0.1, 0.15) is 20.7 Å². The van der Waals surface area contributed by atoms with E-state index in [0.29, 0.717) is 27.5 Å². The number of hydrogen-bond donors (Lipinski definition) is 4. The average molecular weight is 443 g/mol. The number of carbonyl (C=O) groups is 2. The molecule has 5 rings (SSSR count). The van der Waals surface area contributed by atoms with Gasteiger partial charge in [-0.15, -0.1) is 0 Å².